The molecule has 11 heteroatoms. The van der Waals surface area contributed by atoms with Crippen LogP contribution in [0.15, 0.2) is 49.8 Å². The van der Waals surface area contributed by atoms with Crippen LogP contribution in [-0.2, 0) is 16.6 Å². The van der Waals surface area contributed by atoms with Crippen molar-refractivity contribution in [3.8, 4) is 16.3 Å². The first kappa shape index (κ1) is 22.0. The van der Waals surface area contributed by atoms with Gasteiger partial charge in [0.2, 0.25) is 0 Å². The zero-order chi connectivity index (χ0) is 23.3. The van der Waals surface area contributed by atoms with Crippen molar-refractivity contribution in [3.63, 3.8) is 0 Å². The molecule has 1 aliphatic rings. The molecule has 32 heavy (non-hydrogen) atoms. The van der Waals surface area contributed by atoms with Gasteiger partial charge in [0.05, 0.1) is 10.6 Å². The maximum atomic E-state index is 13.3. The number of nitrogens with one attached hydrogen (secondary N) is 1. The number of thiophene rings is 1. The number of amidine groups is 1. The maximum absolute atomic E-state index is 13.3. The molecule has 2 aromatic heterocycles. The van der Waals surface area contributed by atoms with E-state index in [0.29, 0.717) is 17.8 Å². The highest BCUT2D eigenvalue weighted by molar-refractivity contribution is 7.90. The third-order valence-corrected chi connectivity index (χ3v) is 7.14. The van der Waals surface area contributed by atoms with Gasteiger partial charge in [-0.3, -0.25) is 4.79 Å². The Bertz CT molecular complexity index is 1380. The Morgan fingerprint density at radius 3 is 2.66 bits per heavy atom. The Morgan fingerprint density at radius 1 is 1.25 bits per heavy atom. The van der Waals surface area contributed by atoms with Gasteiger partial charge in [-0.2, -0.15) is 13.5 Å². The first-order valence-corrected chi connectivity index (χ1v) is 12.2. The number of hydrogen-bond donors (Lipinski definition) is 3. The van der Waals surface area contributed by atoms with Gasteiger partial charge in [-0.25, -0.2) is 4.68 Å². The standard InChI is InChI=1S/C21H23N5O4S2/c1-21(2,3)8-9-26-20(28)16(18(27)17(24-26)14-5-4-10-31-14)19-23-13-7-6-12(22)11-15(13)32(29,30)25-19/h4-7,10-11,27H,8-9,22H2,1-3H3,(H,23,25). The average molecular weight is 474 g/mol. The van der Waals surface area contributed by atoms with E-state index in [-0.39, 0.29) is 38.8 Å². The second-order valence-electron chi connectivity index (χ2n) is 8.68. The number of aryl methyl sites for hydroxylation is 1. The van der Waals surface area contributed by atoms with Gasteiger partial charge in [0.25, 0.3) is 15.6 Å². The van der Waals surface area contributed by atoms with Crippen LogP contribution >= 0.6 is 11.3 Å². The van der Waals surface area contributed by atoms with E-state index in [2.05, 4.69) is 14.8 Å². The number of nitrogens with two attached hydrogens (primary N) is 1. The zero-order valence-electron chi connectivity index (χ0n) is 17.8. The molecule has 0 atom stereocenters. The average Bonchev–Trinajstić information content (AvgIpc) is 3.21. The number of benzene rings is 1. The van der Waals surface area contributed by atoms with Gasteiger partial charge in [-0.05, 0) is 41.5 Å². The molecule has 4 N–H and O–H groups in total. The fourth-order valence-corrected chi connectivity index (χ4v) is 5.10. The summed E-state index contributed by atoms with van der Waals surface area (Å²) in [5.74, 6) is -0.681. The number of aromatic hydroxyl groups is 1. The van der Waals surface area contributed by atoms with Crippen LogP contribution in [0.1, 0.15) is 32.8 Å². The monoisotopic (exact) mass is 473 g/mol. The van der Waals surface area contributed by atoms with Crippen LogP contribution in [0.4, 0.5) is 11.4 Å². The normalized spacial score (nSPS) is 15.0. The fraction of sp³-hybridized carbons (Fsp3) is 0.286. The lowest BCUT2D eigenvalue weighted by Crippen LogP contribution is -2.34. The van der Waals surface area contributed by atoms with Gasteiger partial charge in [0.1, 0.15) is 16.2 Å². The summed E-state index contributed by atoms with van der Waals surface area (Å²) in [6.07, 6.45) is 0.647. The van der Waals surface area contributed by atoms with Gasteiger partial charge in [-0.1, -0.05) is 26.8 Å². The molecule has 1 aromatic carbocycles. The van der Waals surface area contributed by atoms with Crippen molar-refractivity contribution in [2.24, 2.45) is 9.81 Å². The highest BCUT2D eigenvalue weighted by atomic mass is 32.2. The van der Waals surface area contributed by atoms with E-state index in [0.717, 1.165) is 0 Å². The first-order valence-electron chi connectivity index (χ1n) is 9.86. The van der Waals surface area contributed by atoms with E-state index in [9.17, 15) is 18.3 Å². The minimum absolute atomic E-state index is 0.0644. The number of hydrogen-bond acceptors (Lipinski definition) is 8. The van der Waals surface area contributed by atoms with Gasteiger partial charge < -0.3 is 16.2 Å². The largest absolute Gasteiger partial charge is 0.505 e. The number of aromatic nitrogens is 2. The number of rotatable bonds is 4. The van der Waals surface area contributed by atoms with Crippen LogP contribution in [0.2, 0.25) is 0 Å². The molecule has 0 amide bonds. The van der Waals surface area contributed by atoms with Gasteiger partial charge >= 0.3 is 0 Å². The first-order chi connectivity index (χ1) is 15.0. The molecular weight excluding hydrogens is 450 g/mol. The summed E-state index contributed by atoms with van der Waals surface area (Å²) in [4.78, 5) is 13.9. The van der Waals surface area contributed by atoms with Crippen molar-refractivity contribution in [2.45, 2.75) is 38.6 Å². The van der Waals surface area contributed by atoms with Crippen molar-refractivity contribution in [3.05, 3.63) is 51.6 Å². The van der Waals surface area contributed by atoms with Crippen molar-refractivity contribution in [1.29, 1.82) is 0 Å². The highest BCUT2D eigenvalue weighted by Gasteiger charge is 2.31. The molecule has 0 bridgehead atoms. The van der Waals surface area contributed by atoms with Crippen molar-refractivity contribution in [2.75, 3.05) is 11.1 Å². The third kappa shape index (κ3) is 4.13. The van der Waals surface area contributed by atoms with E-state index in [1.807, 2.05) is 26.2 Å². The minimum Gasteiger partial charge on any atom is -0.505 e. The third-order valence-electron chi connectivity index (χ3n) is 4.94. The summed E-state index contributed by atoms with van der Waals surface area (Å²) in [7, 11) is -4.14. The summed E-state index contributed by atoms with van der Waals surface area (Å²) in [5, 5.41) is 20.1. The molecule has 9 nitrogen and oxygen atoms in total. The van der Waals surface area contributed by atoms with Crippen LogP contribution in [0, 0.1) is 5.41 Å². The lowest BCUT2D eigenvalue weighted by molar-refractivity contribution is 0.335. The topological polar surface area (TPSA) is 140 Å². The van der Waals surface area contributed by atoms with Crippen LogP contribution in [-0.4, -0.2) is 29.1 Å². The molecule has 1 aliphatic heterocycles. The molecule has 0 aliphatic carbocycles. The Labute approximate surface area is 189 Å². The quantitative estimate of drug-likeness (QED) is 0.494. The van der Waals surface area contributed by atoms with Crippen LogP contribution in [0.25, 0.3) is 10.6 Å². The van der Waals surface area contributed by atoms with Crippen LogP contribution in [0.3, 0.4) is 0 Å². The van der Waals surface area contributed by atoms with Crippen LogP contribution < -0.4 is 16.6 Å². The molecule has 3 heterocycles. The molecule has 0 radical (unpaired) electrons. The fourth-order valence-electron chi connectivity index (χ4n) is 3.23. The predicted molar refractivity (Wildman–Crippen MR) is 126 cm³/mol. The van der Waals surface area contributed by atoms with E-state index in [4.69, 9.17) is 5.73 Å². The molecule has 4 rings (SSSR count). The van der Waals surface area contributed by atoms with Crippen LogP contribution in [0.5, 0.6) is 5.75 Å². The van der Waals surface area contributed by atoms with E-state index in [1.165, 1.54) is 34.2 Å². The number of nitrogen functional groups attached to an aromatic ring is 1. The van der Waals surface area contributed by atoms with Crippen molar-refractivity contribution >= 4 is 38.6 Å². The van der Waals surface area contributed by atoms with Crippen molar-refractivity contribution in [1.82, 2.24) is 9.78 Å². The van der Waals surface area contributed by atoms with E-state index >= 15 is 0 Å². The smallest absolute Gasteiger partial charge is 0.286 e. The molecular formula is C21H23N5O4S2. The predicted octanol–water partition coefficient (Wildman–Crippen LogP) is 3.26. The van der Waals surface area contributed by atoms with E-state index < -0.39 is 21.3 Å². The summed E-state index contributed by atoms with van der Waals surface area (Å²) in [5.41, 5.74) is 5.45. The molecule has 0 saturated carbocycles. The second-order valence-corrected chi connectivity index (χ2v) is 11.2. The molecule has 0 saturated heterocycles. The van der Waals surface area contributed by atoms with Gasteiger partial charge in [0, 0.05) is 12.2 Å². The Kier molecular flexibility index (Phi) is 5.33. The number of anilines is 2. The van der Waals surface area contributed by atoms with Gasteiger partial charge in [-0.15, -0.1) is 15.7 Å². The minimum atomic E-state index is -4.14. The lowest BCUT2D eigenvalue weighted by Gasteiger charge is -2.21. The van der Waals surface area contributed by atoms with E-state index in [1.54, 1.807) is 12.1 Å². The second kappa shape index (κ2) is 7.75. The molecule has 0 unspecified atom stereocenters. The number of nitrogens with zero attached hydrogens (tertiary/aromatic N) is 3. The lowest BCUT2D eigenvalue weighted by atomic mass is 9.92. The maximum Gasteiger partial charge on any atom is 0.286 e. The summed E-state index contributed by atoms with van der Waals surface area (Å²) >= 11 is 1.34. The molecule has 0 spiro atoms. The number of fused-ring (bicyclic) bond motifs is 1. The molecule has 3 aromatic rings. The number of sulfonamides is 1. The highest BCUT2D eigenvalue weighted by Crippen LogP contribution is 2.35. The summed E-state index contributed by atoms with van der Waals surface area (Å²) < 4.78 is 30.6. The Hall–Kier alpha value is -3.18. The Morgan fingerprint density at radius 2 is 2.00 bits per heavy atom. The zero-order valence-corrected chi connectivity index (χ0v) is 19.4. The van der Waals surface area contributed by atoms with Gasteiger partial charge in [0.15, 0.2) is 11.6 Å². The SMILES string of the molecule is CC(C)(C)CCn1nc(-c2cccs2)c(O)c(C2=NS(=O)(=O)c3cc(N)ccc3N2)c1=O. The summed E-state index contributed by atoms with van der Waals surface area (Å²) in [6, 6.07) is 7.89. The summed E-state index contributed by atoms with van der Waals surface area (Å²) in [6.45, 7) is 6.42. The molecule has 168 valence electrons. The Balaban J connectivity index is 1.92. The molecule has 0 fully saturated rings. The van der Waals surface area contributed by atoms with Crippen molar-refractivity contribution < 1.29 is 13.5 Å².